The van der Waals surface area contributed by atoms with Crippen LogP contribution in [0.4, 0.5) is 0 Å². The fraction of sp³-hybridized carbons (Fsp3) is 0.333. The number of hydrogen-bond donors (Lipinski definition) is 2. The third-order valence-electron chi connectivity index (χ3n) is 3.11. The molecular weight excluding hydrogens is 256 g/mol. The summed E-state index contributed by atoms with van der Waals surface area (Å²) in [5.41, 5.74) is 5.42. The highest BCUT2D eigenvalue weighted by Crippen LogP contribution is 2.30. The molecule has 0 radical (unpaired) electrons. The van der Waals surface area contributed by atoms with Gasteiger partial charge in [-0.25, -0.2) is 5.43 Å². The van der Waals surface area contributed by atoms with Crippen molar-refractivity contribution >= 4 is 11.3 Å². The van der Waals surface area contributed by atoms with Crippen LogP contribution < -0.4 is 16.0 Å². The summed E-state index contributed by atoms with van der Waals surface area (Å²) in [7, 11) is 0. The number of aryl methyl sites for hydroxylation is 1. The summed E-state index contributed by atoms with van der Waals surface area (Å²) < 4.78 is 5.46. The van der Waals surface area contributed by atoms with Gasteiger partial charge in [0.2, 0.25) is 0 Å². The lowest BCUT2D eigenvalue weighted by atomic mass is 10.0. The number of hydrazine groups is 1. The van der Waals surface area contributed by atoms with Crippen LogP contribution in [0.5, 0.6) is 5.75 Å². The molecular formula is C15H20N2OS. The summed E-state index contributed by atoms with van der Waals surface area (Å²) in [6.45, 7) is 4.83. The molecule has 1 atom stereocenters. The van der Waals surface area contributed by atoms with Gasteiger partial charge in [-0.1, -0.05) is 19.1 Å². The van der Waals surface area contributed by atoms with E-state index in [1.54, 1.807) is 11.3 Å². The minimum atomic E-state index is 0.0469. The first-order chi connectivity index (χ1) is 9.30. The highest BCUT2D eigenvalue weighted by Gasteiger charge is 2.16. The number of benzene rings is 1. The summed E-state index contributed by atoms with van der Waals surface area (Å²) >= 11 is 1.74. The fourth-order valence-corrected chi connectivity index (χ4v) is 3.22. The monoisotopic (exact) mass is 276 g/mol. The lowest BCUT2D eigenvalue weighted by molar-refractivity contribution is 0.340. The molecule has 0 fully saturated rings. The van der Waals surface area contributed by atoms with Gasteiger partial charge in [-0.15, -0.1) is 11.3 Å². The Bertz CT molecular complexity index is 507. The van der Waals surface area contributed by atoms with Gasteiger partial charge in [-0.3, -0.25) is 5.84 Å². The van der Waals surface area contributed by atoms with Crippen LogP contribution in [0.25, 0.3) is 0 Å². The average Bonchev–Trinajstić information content (AvgIpc) is 2.90. The Hall–Kier alpha value is -1.36. The second-order valence-corrected chi connectivity index (χ2v) is 5.21. The molecule has 2 rings (SSSR count). The van der Waals surface area contributed by atoms with E-state index in [1.807, 2.05) is 19.1 Å². The molecule has 3 N–H and O–H groups in total. The van der Waals surface area contributed by atoms with Gasteiger partial charge >= 0.3 is 0 Å². The van der Waals surface area contributed by atoms with Gasteiger partial charge in [0, 0.05) is 4.88 Å². The second kappa shape index (κ2) is 6.70. The van der Waals surface area contributed by atoms with Crippen LogP contribution in [0.2, 0.25) is 0 Å². The smallest absolute Gasteiger partial charge is 0.119 e. The maximum Gasteiger partial charge on any atom is 0.119 e. The Morgan fingerprint density at radius 2 is 1.95 bits per heavy atom. The van der Waals surface area contributed by atoms with E-state index in [-0.39, 0.29) is 6.04 Å². The van der Waals surface area contributed by atoms with Crippen molar-refractivity contribution in [2.45, 2.75) is 26.3 Å². The van der Waals surface area contributed by atoms with E-state index in [2.05, 4.69) is 35.9 Å². The van der Waals surface area contributed by atoms with Crippen molar-refractivity contribution in [2.24, 2.45) is 5.84 Å². The third-order valence-corrected chi connectivity index (χ3v) is 4.14. The van der Waals surface area contributed by atoms with Gasteiger partial charge in [0.25, 0.3) is 0 Å². The lowest BCUT2D eigenvalue weighted by Crippen LogP contribution is -2.28. The van der Waals surface area contributed by atoms with Crippen LogP contribution in [0.15, 0.2) is 35.7 Å². The molecule has 0 bridgehead atoms. The summed E-state index contributed by atoms with van der Waals surface area (Å²) in [5.74, 6) is 6.63. The molecule has 1 aromatic heterocycles. The minimum absolute atomic E-state index is 0.0469. The Morgan fingerprint density at radius 3 is 2.53 bits per heavy atom. The number of nitrogens with one attached hydrogen (secondary N) is 1. The molecule has 0 aliphatic carbocycles. The van der Waals surface area contributed by atoms with Gasteiger partial charge in [-0.2, -0.15) is 0 Å². The summed E-state index contributed by atoms with van der Waals surface area (Å²) in [5, 5.41) is 2.12. The van der Waals surface area contributed by atoms with Crippen LogP contribution in [0.1, 0.15) is 35.9 Å². The van der Waals surface area contributed by atoms with Crippen molar-refractivity contribution < 1.29 is 4.74 Å². The molecule has 0 amide bonds. The van der Waals surface area contributed by atoms with Gasteiger partial charge in [0.15, 0.2) is 0 Å². The van der Waals surface area contributed by atoms with Crippen LogP contribution in [0, 0.1) is 0 Å². The first-order valence-corrected chi connectivity index (χ1v) is 7.43. The minimum Gasteiger partial charge on any atom is -0.494 e. The molecule has 102 valence electrons. The molecule has 1 unspecified atom stereocenters. The number of ether oxygens (including phenoxy) is 1. The molecule has 2 aromatic rings. The van der Waals surface area contributed by atoms with Gasteiger partial charge in [0.05, 0.1) is 12.6 Å². The first kappa shape index (κ1) is 14.1. The Labute approximate surface area is 118 Å². The molecule has 1 aromatic carbocycles. The Kier molecular flexibility index (Phi) is 4.96. The highest BCUT2D eigenvalue weighted by molar-refractivity contribution is 7.10. The standard InChI is InChI=1S/C15H20N2OS/c1-3-11-9-10-19-15(11)14(17-16)12-5-7-13(8-6-12)18-4-2/h5-10,14,17H,3-4,16H2,1-2H3. The zero-order chi connectivity index (χ0) is 13.7. The van der Waals surface area contributed by atoms with E-state index in [4.69, 9.17) is 10.6 Å². The van der Waals surface area contributed by atoms with Crippen molar-refractivity contribution in [2.75, 3.05) is 6.61 Å². The Balaban J connectivity index is 2.26. The largest absolute Gasteiger partial charge is 0.494 e. The van der Waals surface area contributed by atoms with E-state index >= 15 is 0 Å². The molecule has 3 nitrogen and oxygen atoms in total. The van der Waals surface area contributed by atoms with Crippen molar-refractivity contribution in [1.29, 1.82) is 0 Å². The van der Waals surface area contributed by atoms with Gasteiger partial charge < -0.3 is 4.74 Å². The summed E-state index contributed by atoms with van der Waals surface area (Å²) in [4.78, 5) is 1.29. The van der Waals surface area contributed by atoms with Crippen molar-refractivity contribution in [3.63, 3.8) is 0 Å². The molecule has 19 heavy (non-hydrogen) atoms. The normalized spacial score (nSPS) is 12.4. The average molecular weight is 276 g/mol. The molecule has 0 aliphatic rings. The van der Waals surface area contributed by atoms with Gasteiger partial charge in [-0.05, 0) is 48.1 Å². The lowest BCUT2D eigenvalue weighted by Gasteiger charge is -2.17. The highest BCUT2D eigenvalue weighted by atomic mass is 32.1. The number of thiophene rings is 1. The van der Waals surface area contributed by atoms with Crippen molar-refractivity contribution in [3.8, 4) is 5.75 Å². The third kappa shape index (κ3) is 3.15. The maximum absolute atomic E-state index is 5.74. The van der Waals surface area contributed by atoms with Crippen LogP contribution in [-0.4, -0.2) is 6.61 Å². The topological polar surface area (TPSA) is 47.3 Å². The second-order valence-electron chi connectivity index (χ2n) is 4.27. The Morgan fingerprint density at radius 1 is 1.21 bits per heavy atom. The van der Waals surface area contributed by atoms with E-state index in [1.165, 1.54) is 10.4 Å². The predicted molar refractivity (Wildman–Crippen MR) is 80.5 cm³/mol. The number of hydrogen-bond acceptors (Lipinski definition) is 4. The van der Waals surface area contributed by atoms with E-state index in [0.29, 0.717) is 6.61 Å². The zero-order valence-corrected chi connectivity index (χ0v) is 12.2. The molecule has 0 aliphatic heterocycles. The number of nitrogens with two attached hydrogens (primary N) is 1. The quantitative estimate of drug-likeness (QED) is 0.629. The zero-order valence-electron chi connectivity index (χ0n) is 11.3. The van der Waals surface area contributed by atoms with E-state index < -0.39 is 0 Å². The van der Waals surface area contributed by atoms with Crippen molar-refractivity contribution in [3.05, 3.63) is 51.7 Å². The SMILES string of the molecule is CCOc1ccc(C(NN)c2sccc2CC)cc1. The first-order valence-electron chi connectivity index (χ1n) is 6.55. The number of rotatable bonds is 6. The summed E-state index contributed by atoms with van der Waals surface area (Å²) in [6.07, 6.45) is 1.02. The predicted octanol–water partition coefficient (Wildman–Crippen LogP) is 3.26. The summed E-state index contributed by atoms with van der Waals surface area (Å²) in [6, 6.07) is 10.3. The van der Waals surface area contributed by atoms with E-state index in [0.717, 1.165) is 17.7 Å². The van der Waals surface area contributed by atoms with Crippen LogP contribution in [-0.2, 0) is 6.42 Å². The fourth-order valence-electron chi connectivity index (χ4n) is 2.14. The molecule has 0 spiro atoms. The van der Waals surface area contributed by atoms with Crippen LogP contribution in [0.3, 0.4) is 0 Å². The van der Waals surface area contributed by atoms with Gasteiger partial charge in [0.1, 0.15) is 5.75 Å². The molecule has 1 heterocycles. The van der Waals surface area contributed by atoms with Crippen LogP contribution >= 0.6 is 11.3 Å². The van der Waals surface area contributed by atoms with E-state index in [9.17, 15) is 0 Å². The molecule has 4 heteroatoms. The molecule has 0 saturated carbocycles. The van der Waals surface area contributed by atoms with Crippen molar-refractivity contribution in [1.82, 2.24) is 5.43 Å². The molecule has 0 saturated heterocycles. The maximum atomic E-state index is 5.74.